The van der Waals surface area contributed by atoms with E-state index in [0.29, 0.717) is 6.04 Å². The third-order valence-corrected chi connectivity index (χ3v) is 3.71. The molecule has 2 fully saturated rings. The van der Waals surface area contributed by atoms with Gasteiger partial charge in [0.1, 0.15) is 0 Å². The first-order valence-electron chi connectivity index (χ1n) is 6.30. The zero-order valence-corrected chi connectivity index (χ0v) is 9.59. The zero-order valence-electron chi connectivity index (χ0n) is 9.59. The van der Waals surface area contributed by atoms with Crippen LogP contribution < -0.4 is 10.6 Å². The van der Waals surface area contributed by atoms with Crippen LogP contribution in [-0.2, 0) is 0 Å². The lowest BCUT2D eigenvalue weighted by Crippen LogP contribution is -2.43. The quantitative estimate of drug-likeness (QED) is 0.734. The molecule has 2 rings (SSSR count). The molecule has 0 heterocycles. The molecular formula is C12H22N2O. The van der Waals surface area contributed by atoms with Gasteiger partial charge in [-0.25, -0.2) is 4.79 Å². The van der Waals surface area contributed by atoms with Gasteiger partial charge in [-0.15, -0.1) is 0 Å². The molecule has 0 spiro atoms. The van der Waals surface area contributed by atoms with Gasteiger partial charge in [-0.2, -0.15) is 0 Å². The van der Waals surface area contributed by atoms with Crippen LogP contribution in [0.2, 0.25) is 0 Å². The van der Waals surface area contributed by atoms with E-state index in [9.17, 15) is 4.79 Å². The molecule has 0 aromatic carbocycles. The number of nitrogens with one attached hydrogen (secondary N) is 2. The van der Waals surface area contributed by atoms with Crippen LogP contribution in [0.3, 0.4) is 0 Å². The number of amides is 2. The Balaban J connectivity index is 1.59. The molecule has 0 aromatic rings. The van der Waals surface area contributed by atoms with E-state index in [2.05, 4.69) is 17.6 Å². The second-order valence-electron chi connectivity index (χ2n) is 5.13. The maximum Gasteiger partial charge on any atom is 0.315 e. The molecule has 0 aromatic heterocycles. The largest absolute Gasteiger partial charge is 0.338 e. The molecule has 3 nitrogen and oxygen atoms in total. The minimum atomic E-state index is 0.0290. The van der Waals surface area contributed by atoms with Gasteiger partial charge < -0.3 is 10.6 Å². The van der Waals surface area contributed by atoms with E-state index in [1.807, 2.05) is 0 Å². The van der Waals surface area contributed by atoms with Crippen LogP contribution in [0.4, 0.5) is 4.79 Å². The molecule has 0 bridgehead atoms. The molecule has 2 saturated carbocycles. The summed E-state index contributed by atoms with van der Waals surface area (Å²) >= 11 is 0. The van der Waals surface area contributed by atoms with Crippen molar-refractivity contribution >= 4 is 6.03 Å². The molecule has 0 unspecified atom stereocenters. The van der Waals surface area contributed by atoms with Crippen molar-refractivity contribution in [2.24, 2.45) is 11.8 Å². The van der Waals surface area contributed by atoms with Gasteiger partial charge >= 0.3 is 6.03 Å². The summed E-state index contributed by atoms with van der Waals surface area (Å²) in [5.41, 5.74) is 0. The number of hydrogen-bond acceptors (Lipinski definition) is 1. The Morgan fingerprint density at radius 3 is 2.53 bits per heavy atom. The van der Waals surface area contributed by atoms with Crippen LogP contribution in [0.15, 0.2) is 0 Å². The van der Waals surface area contributed by atoms with Crippen LogP contribution >= 0.6 is 0 Å². The van der Waals surface area contributed by atoms with Gasteiger partial charge in [-0.3, -0.25) is 0 Å². The average molecular weight is 210 g/mol. The molecule has 86 valence electrons. The highest BCUT2D eigenvalue weighted by Gasteiger charge is 2.28. The van der Waals surface area contributed by atoms with E-state index in [-0.39, 0.29) is 6.03 Å². The van der Waals surface area contributed by atoms with Gasteiger partial charge in [0.2, 0.25) is 0 Å². The molecule has 1 atom stereocenters. The van der Waals surface area contributed by atoms with Crippen LogP contribution in [0.5, 0.6) is 0 Å². The fourth-order valence-corrected chi connectivity index (χ4v) is 2.42. The standard InChI is InChI=1S/C12H22N2O/c1-9(11-6-7-11)14-12(15)13-8-10-4-2-3-5-10/h9-11H,2-8H2,1H3,(H2,13,14,15)/t9-/m1/s1. The fourth-order valence-electron chi connectivity index (χ4n) is 2.42. The van der Waals surface area contributed by atoms with Gasteiger partial charge in [-0.1, -0.05) is 12.8 Å². The average Bonchev–Trinajstić information content (AvgIpc) is 2.93. The van der Waals surface area contributed by atoms with E-state index in [0.717, 1.165) is 18.4 Å². The van der Waals surface area contributed by atoms with Crippen molar-refractivity contribution in [3.8, 4) is 0 Å². The highest BCUT2D eigenvalue weighted by molar-refractivity contribution is 5.74. The number of rotatable bonds is 4. The summed E-state index contributed by atoms with van der Waals surface area (Å²) in [6.45, 7) is 2.97. The Morgan fingerprint density at radius 2 is 1.93 bits per heavy atom. The van der Waals surface area contributed by atoms with E-state index in [1.54, 1.807) is 0 Å². The minimum absolute atomic E-state index is 0.0290. The monoisotopic (exact) mass is 210 g/mol. The topological polar surface area (TPSA) is 41.1 Å². The lowest BCUT2D eigenvalue weighted by atomic mass is 10.1. The van der Waals surface area contributed by atoms with Crippen molar-refractivity contribution in [1.29, 1.82) is 0 Å². The molecule has 2 amide bonds. The normalized spacial score (nSPS) is 23.8. The number of hydrogen-bond donors (Lipinski definition) is 2. The van der Waals surface area contributed by atoms with Gasteiger partial charge in [0.15, 0.2) is 0 Å². The van der Waals surface area contributed by atoms with Crippen LogP contribution in [-0.4, -0.2) is 18.6 Å². The summed E-state index contributed by atoms with van der Waals surface area (Å²) in [6, 6.07) is 0.384. The lowest BCUT2D eigenvalue weighted by Gasteiger charge is -2.15. The van der Waals surface area contributed by atoms with Crippen molar-refractivity contribution < 1.29 is 4.79 Å². The molecule has 15 heavy (non-hydrogen) atoms. The first-order valence-corrected chi connectivity index (χ1v) is 6.30. The highest BCUT2D eigenvalue weighted by Crippen LogP contribution is 2.32. The number of carbonyl (C=O) groups excluding carboxylic acids is 1. The second-order valence-corrected chi connectivity index (χ2v) is 5.13. The van der Waals surface area contributed by atoms with Crippen molar-refractivity contribution in [3.05, 3.63) is 0 Å². The third kappa shape index (κ3) is 3.40. The van der Waals surface area contributed by atoms with E-state index in [4.69, 9.17) is 0 Å². The van der Waals surface area contributed by atoms with Crippen LogP contribution in [0.25, 0.3) is 0 Å². The summed E-state index contributed by atoms with van der Waals surface area (Å²) in [4.78, 5) is 11.5. The summed E-state index contributed by atoms with van der Waals surface area (Å²) in [7, 11) is 0. The number of urea groups is 1. The van der Waals surface area contributed by atoms with Crippen molar-refractivity contribution in [3.63, 3.8) is 0 Å². The molecule has 2 N–H and O–H groups in total. The second kappa shape index (κ2) is 4.86. The van der Waals surface area contributed by atoms with E-state index < -0.39 is 0 Å². The molecule has 0 aliphatic heterocycles. The molecule has 0 saturated heterocycles. The highest BCUT2D eigenvalue weighted by atomic mass is 16.2. The Morgan fingerprint density at radius 1 is 1.27 bits per heavy atom. The van der Waals surface area contributed by atoms with Gasteiger partial charge in [0.25, 0.3) is 0 Å². The molecule has 3 heteroatoms. The third-order valence-electron chi connectivity index (χ3n) is 3.71. The van der Waals surface area contributed by atoms with Gasteiger partial charge in [0, 0.05) is 12.6 Å². The van der Waals surface area contributed by atoms with Gasteiger partial charge in [-0.05, 0) is 44.4 Å². The van der Waals surface area contributed by atoms with Crippen LogP contribution in [0.1, 0.15) is 45.4 Å². The van der Waals surface area contributed by atoms with E-state index >= 15 is 0 Å². The first kappa shape index (κ1) is 10.8. The Bertz CT molecular complexity index is 220. The SMILES string of the molecule is C[C@@H](NC(=O)NCC1CCCC1)C1CC1. The van der Waals surface area contributed by atoms with Crippen LogP contribution in [0, 0.1) is 11.8 Å². The van der Waals surface area contributed by atoms with Crippen molar-refractivity contribution in [2.45, 2.75) is 51.5 Å². The zero-order chi connectivity index (χ0) is 10.7. The first-order chi connectivity index (χ1) is 7.25. The maximum absolute atomic E-state index is 11.5. The number of carbonyl (C=O) groups is 1. The Kier molecular flexibility index (Phi) is 3.49. The van der Waals surface area contributed by atoms with Crippen molar-refractivity contribution in [1.82, 2.24) is 10.6 Å². The lowest BCUT2D eigenvalue weighted by molar-refractivity contribution is 0.234. The summed E-state index contributed by atoms with van der Waals surface area (Å²) < 4.78 is 0. The Labute approximate surface area is 92.0 Å². The molecule has 2 aliphatic carbocycles. The summed E-state index contributed by atoms with van der Waals surface area (Å²) in [5.74, 6) is 1.47. The fraction of sp³-hybridized carbons (Fsp3) is 0.917. The predicted octanol–water partition coefficient (Wildman–Crippen LogP) is 2.27. The maximum atomic E-state index is 11.5. The summed E-state index contributed by atoms with van der Waals surface area (Å²) in [5, 5.41) is 6.00. The molecule has 0 radical (unpaired) electrons. The Hall–Kier alpha value is -0.730. The molecular weight excluding hydrogens is 188 g/mol. The van der Waals surface area contributed by atoms with Gasteiger partial charge in [0.05, 0.1) is 0 Å². The minimum Gasteiger partial charge on any atom is -0.338 e. The summed E-state index contributed by atoms with van der Waals surface area (Å²) in [6.07, 6.45) is 7.82. The predicted molar refractivity (Wildman–Crippen MR) is 60.7 cm³/mol. The van der Waals surface area contributed by atoms with E-state index in [1.165, 1.54) is 38.5 Å². The smallest absolute Gasteiger partial charge is 0.315 e. The molecule has 2 aliphatic rings. The van der Waals surface area contributed by atoms with Crippen molar-refractivity contribution in [2.75, 3.05) is 6.54 Å².